The highest BCUT2D eigenvalue weighted by molar-refractivity contribution is 5.90. The quantitative estimate of drug-likeness (QED) is 0.784. The number of aryl methyl sites for hydroxylation is 1. The second-order valence-corrected chi connectivity index (χ2v) is 5.53. The van der Waals surface area contributed by atoms with Gasteiger partial charge in [0.25, 0.3) is 5.89 Å². The molecule has 8 nitrogen and oxygen atoms in total. The van der Waals surface area contributed by atoms with E-state index in [-0.39, 0.29) is 18.4 Å². The van der Waals surface area contributed by atoms with Gasteiger partial charge < -0.3 is 14.6 Å². The number of ether oxygens (including phenoxy) is 1. The predicted molar refractivity (Wildman–Crippen MR) is 83.4 cm³/mol. The van der Waals surface area contributed by atoms with Gasteiger partial charge in [-0.2, -0.15) is 10.1 Å². The molecule has 1 N–H and O–H groups in total. The minimum Gasteiger partial charge on any atom is -0.480 e. The summed E-state index contributed by atoms with van der Waals surface area (Å²) < 4.78 is 12.6. The Morgan fingerprint density at radius 2 is 2.25 bits per heavy atom. The van der Waals surface area contributed by atoms with Crippen molar-refractivity contribution in [1.29, 1.82) is 0 Å². The van der Waals surface area contributed by atoms with E-state index in [1.807, 2.05) is 24.3 Å². The molecule has 24 heavy (non-hydrogen) atoms. The molecule has 0 aliphatic carbocycles. The lowest BCUT2D eigenvalue weighted by molar-refractivity contribution is -0.115. The van der Waals surface area contributed by atoms with E-state index < -0.39 is 0 Å². The van der Waals surface area contributed by atoms with Gasteiger partial charge in [-0.3, -0.25) is 9.48 Å². The fourth-order valence-electron chi connectivity index (χ4n) is 2.62. The van der Waals surface area contributed by atoms with Crippen LogP contribution in [0.1, 0.15) is 23.4 Å². The number of anilines is 1. The Morgan fingerprint density at radius 1 is 1.38 bits per heavy atom. The van der Waals surface area contributed by atoms with Gasteiger partial charge in [-0.15, -0.1) is 0 Å². The van der Waals surface area contributed by atoms with Crippen molar-refractivity contribution in [3.8, 4) is 5.75 Å². The summed E-state index contributed by atoms with van der Waals surface area (Å²) in [6, 6.07) is 9.51. The van der Waals surface area contributed by atoms with Crippen molar-refractivity contribution in [2.75, 3.05) is 5.32 Å². The van der Waals surface area contributed by atoms with Crippen LogP contribution in [0.25, 0.3) is 0 Å². The number of nitrogens with one attached hydrogen (secondary N) is 1. The zero-order valence-corrected chi connectivity index (χ0v) is 13.0. The van der Waals surface area contributed by atoms with Gasteiger partial charge in [-0.05, 0) is 11.6 Å². The van der Waals surface area contributed by atoms with Crippen LogP contribution in [0.4, 0.5) is 5.82 Å². The first-order valence-electron chi connectivity index (χ1n) is 7.54. The van der Waals surface area contributed by atoms with Crippen molar-refractivity contribution in [3.63, 3.8) is 0 Å². The van der Waals surface area contributed by atoms with Crippen LogP contribution >= 0.6 is 0 Å². The van der Waals surface area contributed by atoms with Crippen molar-refractivity contribution in [2.24, 2.45) is 7.05 Å². The molecule has 0 saturated heterocycles. The van der Waals surface area contributed by atoms with Gasteiger partial charge in [0.05, 0.1) is 12.6 Å². The first kappa shape index (κ1) is 14.4. The average molecular weight is 325 g/mol. The third-order valence-corrected chi connectivity index (χ3v) is 3.81. The Balaban J connectivity index is 1.41. The number of fused-ring (bicyclic) bond motifs is 1. The maximum absolute atomic E-state index is 12.0. The van der Waals surface area contributed by atoms with E-state index in [2.05, 4.69) is 20.6 Å². The molecule has 1 aliphatic heterocycles. The molecule has 122 valence electrons. The van der Waals surface area contributed by atoms with E-state index in [0.29, 0.717) is 24.0 Å². The maximum Gasteiger partial charge on any atom is 0.268 e. The summed E-state index contributed by atoms with van der Waals surface area (Å²) >= 11 is 0. The number of carbonyl (C=O) groups is 1. The first-order chi connectivity index (χ1) is 11.7. The highest BCUT2D eigenvalue weighted by Crippen LogP contribution is 2.35. The summed E-state index contributed by atoms with van der Waals surface area (Å²) in [4.78, 5) is 16.3. The van der Waals surface area contributed by atoms with E-state index in [9.17, 15) is 4.79 Å². The molecular formula is C16H15N5O3. The number of benzene rings is 1. The number of para-hydroxylation sites is 1. The zero-order chi connectivity index (χ0) is 16.5. The summed E-state index contributed by atoms with van der Waals surface area (Å²) in [5.74, 6) is 1.91. The van der Waals surface area contributed by atoms with Crippen LogP contribution in [0.3, 0.4) is 0 Å². The van der Waals surface area contributed by atoms with Crippen LogP contribution < -0.4 is 10.1 Å². The Hall–Kier alpha value is -3.16. The van der Waals surface area contributed by atoms with Crippen molar-refractivity contribution in [2.45, 2.75) is 18.9 Å². The average Bonchev–Trinajstić information content (AvgIpc) is 3.27. The van der Waals surface area contributed by atoms with Crippen molar-refractivity contribution >= 4 is 11.7 Å². The van der Waals surface area contributed by atoms with E-state index in [4.69, 9.17) is 9.26 Å². The molecule has 1 aliphatic rings. The second-order valence-electron chi connectivity index (χ2n) is 5.53. The van der Waals surface area contributed by atoms with Gasteiger partial charge in [0, 0.05) is 19.5 Å². The number of hydrogen-bond acceptors (Lipinski definition) is 6. The molecule has 1 atom stereocenters. The molecule has 1 aromatic carbocycles. The number of nitrogens with zero attached hydrogens (tertiary/aromatic N) is 4. The predicted octanol–water partition coefficient (Wildman–Crippen LogP) is 1.66. The van der Waals surface area contributed by atoms with Crippen molar-refractivity contribution in [3.05, 3.63) is 53.8 Å². The summed E-state index contributed by atoms with van der Waals surface area (Å²) in [5.41, 5.74) is 1.11. The molecule has 0 bridgehead atoms. The third kappa shape index (κ3) is 2.73. The molecule has 0 saturated carbocycles. The monoisotopic (exact) mass is 325 g/mol. The van der Waals surface area contributed by atoms with Gasteiger partial charge in [-0.25, -0.2) is 0 Å². The molecule has 8 heteroatoms. The van der Waals surface area contributed by atoms with Crippen LogP contribution in [0, 0.1) is 0 Å². The molecule has 3 aromatic rings. The lowest BCUT2D eigenvalue weighted by atomic mass is 10.1. The van der Waals surface area contributed by atoms with Crippen LogP contribution in [-0.4, -0.2) is 25.8 Å². The van der Waals surface area contributed by atoms with Crippen LogP contribution in [0.15, 0.2) is 41.1 Å². The number of aromatic nitrogens is 4. The first-order valence-corrected chi connectivity index (χ1v) is 7.54. The van der Waals surface area contributed by atoms with Crippen LogP contribution in [0.2, 0.25) is 0 Å². The topological polar surface area (TPSA) is 95.1 Å². The number of hydrogen-bond donors (Lipinski definition) is 1. The van der Waals surface area contributed by atoms with E-state index in [1.54, 1.807) is 24.0 Å². The molecule has 2 aromatic heterocycles. The van der Waals surface area contributed by atoms with Crippen LogP contribution in [0.5, 0.6) is 5.75 Å². The van der Waals surface area contributed by atoms with Gasteiger partial charge in [0.15, 0.2) is 11.9 Å². The highest BCUT2D eigenvalue weighted by atomic mass is 16.5. The molecule has 3 heterocycles. The number of carbonyl (C=O) groups excluding carboxylic acids is 1. The fraction of sp³-hybridized carbons (Fsp3) is 0.250. The Bertz CT molecular complexity index is 860. The molecule has 1 amide bonds. The van der Waals surface area contributed by atoms with Gasteiger partial charge >= 0.3 is 0 Å². The third-order valence-electron chi connectivity index (χ3n) is 3.81. The smallest absolute Gasteiger partial charge is 0.268 e. The number of rotatable bonds is 4. The van der Waals surface area contributed by atoms with Gasteiger partial charge in [0.2, 0.25) is 5.91 Å². The molecule has 0 fully saturated rings. The Kier molecular flexibility index (Phi) is 3.49. The second kappa shape index (κ2) is 5.80. The van der Waals surface area contributed by atoms with Crippen LogP contribution in [-0.2, 0) is 24.7 Å². The largest absolute Gasteiger partial charge is 0.480 e. The summed E-state index contributed by atoms with van der Waals surface area (Å²) in [6.07, 6.45) is 2.01. The molecule has 0 radical (unpaired) electrons. The van der Waals surface area contributed by atoms with Crippen molar-refractivity contribution in [1.82, 2.24) is 19.9 Å². The van der Waals surface area contributed by atoms with Crippen molar-refractivity contribution < 1.29 is 14.1 Å². The van der Waals surface area contributed by atoms with Gasteiger partial charge in [0.1, 0.15) is 11.6 Å². The zero-order valence-electron chi connectivity index (χ0n) is 13.0. The molecule has 1 unspecified atom stereocenters. The fourth-order valence-corrected chi connectivity index (χ4v) is 2.62. The van der Waals surface area contributed by atoms with E-state index >= 15 is 0 Å². The molecule has 0 spiro atoms. The minimum atomic E-state index is -0.302. The normalized spacial score (nSPS) is 15.8. The summed E-state index contributed by atoms with van der Waals surface area (Å²) in [5, 5.41) is 10.6. The standard InChI is InChI=1S/C16H15N5O3/c1-21-14(6-7-17-21)19-15(22)9-13-18-16(24-20-13)12-8-10-4-2-3-5-11(10)23-12/h2-7,12H,8-9H2,1H3,(H,19,22). The minimum absolute atomic E-state index is 0.0222. The molecular weight excluding hydrogens is 310 g/mol. The van der Waals surface area contributed by atoms with E-state index in [0.717, 1.165) is 11.3 Å². The lowest BCUT2D eigenvalue weighted by Crippen LogP contribution is -2.17. The highest BCUT2D eigenvalue weighted by Gasteiger charge is 2.29. The maximum atomic E-state index is 12.0. The van der Waals surface area contributed by atoms with Gasteiger partial charge in [-0.1, -0.05) is 23.4 Å². The lowest BCUT2D eigenvalue weighted by Gasteiger charge is -2.04. The van der Waals surface area contributed by atoms with E-state index in [1.165, 1.54) is 0 Å². The summed E-state index contributed by atoms with van der Waals surface area (Å²) in [7, 11) is 1.75. The summed E-state index contributed by atoms with van der Waals surface area (Å²) in [6.45, 7) is 0. The Morgan fingerprint density at radius 3 is 3.04 bits per heavy atom. The molecule has 4 rings (SSSR count). The SMILES string of the molecule is Cn1nccc1NC(=O)Cc1noc(C2Cc3ccccc3O2)n1. The Labute approximate surface area is 137 Å². The number of amides is 1.